The van der Waals surface area contributed by atoms with Crippen LogP contribution in [0.3, 0.4) is 0 Å². The number of hydrogen-bond donors (Lipinski definition) is 6. The Labute approximate surface area is 275 Å². The van der Waals surface area contributed by atoms with Crippen molar-refractivity contribution in [2.24, 2.45) is 17.8 Å². The molecule has 0 saturated heterocycles. The molecule has 13 nitrogen and oxygen atoms in total. The van der Waals surface area contributed by atoms with Crippen LogP contribution in [0.5, 0.6) is 0 Å². The number of methoxy groups -OCH3 is 1. The zero-order chi connectivity index (χ0) is 35.7. The third kappa shape index (κ3) is 10.6. The predicted octanol–water partition coefficient (Wildman–Crippen LogP) is 2.05. The highest BCUT2D eigenvalue weighted by Gasteiger charge is 2.38. The first-order chi connectivity index (χ1) is 22.6. The summed E-state index contributed by atoms with van der Waals surface area (Å²) in [7, 11) is 1.16. The average Bonchev–Trinajstić information content (AvgIpc) is 3.01. The molecule has 15 heteroatoms. The summed E-state index contributed by atoms with van der Waals surface area (Å²) in [6.07, 6.45) is -2.66. The Morgan fingerprint density at radius 1 is 0.875 bits per heavy atom. The molecule has 1 fully saturated rings. The number of aliphatic hydroxyl groups is 1. The maximum atomic E-state index is 14.0. The molecule has 6 N–H and O–H groups in total. The molecule has 3 rings (SSSR count). The lowest BCUT2D eigenvalue weighted by atomic mass is 9.78. The van der Waals surface area contributed by atoms with E-state index in [1.165, 1.54) is 24.3 Å². The number of ether oxygens (including phenoxy) is 1. The molecule has 3 unspecified atom stereocenters. The van der Waals surface area contributed by atoms with Gasteiger partial charge in [0.1, 0.15) is 17.7 Å². The number of esters is 1. The number of aliphatic hydroxyl groups excluding tert-OH is 1. The second kappa shape index (κ2) is 16.8. The number of hydrogen-bond acceptors (Lipinski definition) is 8. The molecule has 0 aromatic heterocycles. The van der Waals surface area contributed by atoms with Crippen molar-refractivity contribution >= 4 is 35.6 Å². The lowest BCUT2D eigenvalue weighted by Gasteiger charge is -2.33. The Morgan fingerprint density at radius 2 is 1.46 bits per heavy atom. The minimum absolute atomic E-state index is 0.000459. The van der Waals surface area contributed by atoms with E-state index in [1.807, 2.05) is 0 Å². The smallest absolute Gasteiger partial charge is 0.337 e. The summed E-state index contributed by atoms with van der Waals surface area (Å²) in [5.74, 6) is -9.58. The normalized spacial score (nSPS) is 19.4. The van der Waals surface area contributed by atoms with Crippen molar-refractivity contribution in [2.45, 2.75) is 70.2 Å². The Morgan fingerprint density at radius 3 is 2.00 bits per heavy atom. The molecule has 48 heavy (non-hydrogen) atoms. The van der Waals surface area contributed by atoms with Gasteiger partial charge in [0.15, 0.2) is 0 Å². The van der Waals surface area contributed by atoms with Crippen molar-refractivity contribution in [1.29, 1.82) is 0 Å². The van der Waals surface area contributed by atoms with Crippen molar-refractivity contribution in [3.8, 4) is 0 Å². The zero-order valence-electron chi connectivity index (χ0n) is 26.6. The SMILES string of the molecule is COC(=O)c1cccc(C(=O)NC(Cc2cc(F)cc(F)c2)[C@@H](O)CC(=O)N[C@H](C(=O)NC2CC(C(=O)O)CC(C(=O)O)C2)C(C)C)c1. The summed E-state index contributed by atoms with van der Waals surface area (Å²) in [5, 5.41) is 37.7. The summed E-state index contributed by atoms with van der Waals surface area (Å²) in [5.41, 5.74) is 0.128. The zero-order valence-corrected chi connectivity index (χ0v) is 26.6. The van der Waals surface area contributed by atoms with E-state index in [9.17, 15) is 52.9 Å². The molecule has 0 radical (unpaired) electrons. The third-order valence-corrected chi connectivity index (χ3v) is 8.12. The Bertz CT molecular complexity index is 1490. The summed E-state index contributed by atoms with van der Waals surface area (Å²) >= 11 is 0. The summed E-state index contributed by atoms with van der Waals surface area (Å²) in [4.78, 5) is 74.6. The standard InChI is InChI=1S/C33H39F2N3O10/c1-16(2)28(30(42)36-24-12-20(31(43)44)11-21(13-24)32(45)46)38-27(40)15-26(39)25(9-17-7-22(34)14-23(35)8-17)37-29(41)18-5-4-6-19(10-18)33(47)48-3/h4-8,10,14,16,20-21,24-26,28,39H,9,11-13,15H2,1-3H3,(H,36,42)(H,37,41)(H,38,40)(H,43,44)(H,45,46)/t20?,21?,24?,25?,26-,28-/m0/s1. The topological polar surface area (TPSA) is 208 Å². The molecular formula is C33H39F2N3O10. The third-order valence-electron chi connectivity index (χ3n) is 8.12. The van der Waals surface area contributed by atoms with Crippen LogP contribution < -0.4 is 16.0 Å². The van der Waals surface area contributed by atoms with Crippen LogP contribution in [0.25, 0.3) is 0 Å². The van der Waals surface area contributed by atoms with Gasteiger partial charge < -0.3 is 36.0 Å². The number of carboxylic acids is 2. The van der Waals surface area contributed by atoms with Gasteiger partial charge in [0.25, 0.3) is 5.91 Å². The summed E-state index contributed by atoms with van der Waals surface area (Å²) in [6.45, 7) is 3.26. The van der Waals surface area contributed by atoms with E-state index >= 15 is 0 Å². The highest BCUT2D eigenvalue weighted by molar-refractivity contribution is 5.98. The fourth-order valence-electron chi connectivity index (χ4n) is 5.65. The number of benzene rings is 2. The van der Waals surface area contributed by atoms with Crippen molar-refractivity contribution < 1.29 is 57.6 Å². The Kier molecular flexibility index (Phi) is 13.1. The van der Waals surface area contributed by atoms with E-state index in [-0.39, 0.29) is 42.4 Å². The van der Waals surface area contributed by atoms with Gasteiger partial charge in [-0.15, -0.1) is 0 Å². The van der Waals surface area contributed by atoms with Gasteiger partial charge >= 0.3 is 17.9 Å². The molecule has 1 aliphatic rings. The van der Waals surface area contributed by atoms with Crippen molar-refractivity contribution in [2.75, 3.05) is 7.11 Å². The van der Waals surface area contributed by atoms with E-state index in [4.69, 9.17) is 0 Å². The first-order valence-corrected chi connectivity index (χ1v) is 15.3. The fraction of sp³-hybridized carbons (Fsp3) is 0.455. The van der Waals surface area contributed by atoms with E-state index in [0.29, 0.717) is 6.07 Å². The number of aliphatic carboxylic acids is 2. The lowest BCUT2D eigenvalue weighted by Crippen LogP contribution is -2.55. The van der Waals surface area contributed by atoms with Crippen LogP contribution in [0.15, 0.2) is 42.5 Å². The van der Waals surface area contributed by atoms with Gasteiger partial charge in [0.05, 0.1) is 43.1 Å². The fourth-order valence-corrected chi connectivity index (χ4v) is 5.65. The molecule has 2 aromatic rings. The molecule has 0 spiro atoms. The predicted molar refractivity (Wildman–Crippen MR) is 165 cm³/mol. The molecule has 3 amide bonds. The number of amides is 3. The van der Waals surface area contributed by atoms with Gasteiger partial charge in [0, 0.05) is 17.7 Å². The number of carbonyl (C=O) groups is 6. The number of carboxylic acid groups (broad SMARTS) is 2. The van der Waals surface area contributed by atoms with Crippen LogP contribution in [0.2, 0.25) is 0 Å². The molecule has 260 valence electrons. The van der Waals surface area contributed by atoms with Gasteiger partial charge in [-0.25, -0.2) is 13.6 Å². The maximum absolute atomic E-state index is 14.0. The number of carbonyl (C=O) groups excluding carboxylic acids is 4. The second-order valence-corrected chi connectivity index (χ2v) is 12.2. The van der Waals surface area contributed by atoms with Crippen LogP contribution in [0.4, 0.5) is 8.78 Å². The van der Waals surface area contributed by atoms with Crippen molar-refractivity contribution in [3.05, 3.63) is 70.8 Å². The lowest BCUT2D eigenvalue weighted by molar-refractivity contribution is -0.149. The van der Waals surface area contributed by atoms with E-state index in [0.717, 1.165) is 19.2 Å². The van der Waals surface area contributed by atoms with Gasteiger partial charge in [0.2, 0.25) is 11.8 Å². The summed E-state index contributed by atoms with van der Waals surface area (Å²) < 4.78 is 32.6. The minimum Gasteiger partial charge on any atom is -0.481 e. The van der Waals surface area contributed by atoms with Gasteiger partial charge in [-0.2, -0.15) is 0 Å². The van der Waals surface area contributed by atoms with Crippen molar-refractivity contribution in [3.63, 3.8) is 0 Å². The van der Waals surface area contributed by atoms with Crippen LogP contribution in [-0.4, -0.2) is 82.3 Å². The molecular weight excluding hydrogens is 636 g/mol. The van der Waals surface area contributed by atoms with Crippen molar-refractivity contribution in [1.82, 2.24) is 16.0 Å². The quantitative estimate of drug-likeness (QED) is 0.161. The molecule has 0 aliphatic heterocycles. The summed E-state index contributed by atoms with van der Waals surface area (Å²) in [6, 6.07) is 4.90. The first-order valence-electron chi connectivity index (χ1n) is 15.3. The van der Waals surface area contributed by atoms with E-state index < -0.39 is 95.7 Å². The van der Waals surface area contributed by atoms with Gasteiger partial charge in [-0.1, -0.05) is 19.9 Å². The second-order valence-electron chi connectivity index (χ2n) is 12.2. The average molecular weight is 676 g/mol. The molecule has 5 atom stereocenters. The Hall–Kier alpha value is -4.92. The number of halogens is 2. The maximum Gasteiger partial charge on any atom is 0.337 e. The Balaban J connectivity index is 1.76. The molecule has 0 heterocycles. The first kappa shape index (κ1) is 37.5. The van der Waals surface area contributed by atoms with Gasteiger partial charge in [-0.05, 0) is 67.5 Å². The van der Waals surface area contributed by atoms with Crippen LogP contribution in [0.1, 0.15) is 65.8 Å². The molecule has 0 bridgehead atoms. The molecule has 1 aliphatic carbocycles. The monoisotopic (exact) mass is 675 g/mol. The molecule has 1 saturated carbocycles. The van der Waals surface area contributed by atoms with Gasteiger partial charge in [-0.3, -0.25) is 24.0 Å². The van der Waals surface area contributed by atoms with E-state index in [1.54, 1.807) is 13.8 Å². The highest BCUT2D eigenvalue weighted by Crippen LogP contribution is 2.30. The largest absolute Gasteiger partial charge is 0.481 e. The van der Waals surface area contributed by atoms with E-state index in [2.05, 4.69) is 20.7 Å². The molecule has 2 aromatic carbocycles. The van der Waals surface area contributed by atoms with Crippen LogP contribution in [-0.2, 0) is 30.3 Å². The minimum atomic E-state index is -1.63. The van der Waals surface area contributed by atoms with Crippen LogP contribution >= 0.6 is 0 Å². The highest BCUT2D eigenvalue weighted by atomic mass is 19.1. The number of nitrogens with one attached hydrogen (secondary N) is 3. The number of rotatable bonds is 14. The van der Waals surface area contributed by atoms with Crippen LogP contribution in [0, 0.1) is 29.4 Å².